The van der Waals surface area contributed by atoms with E-state index in [1.54, 1.807) is 6.20 Å². The van der Waals surface area contributed by atoms with Gasteiger partial charge in [0.1, 0.15) is 18.9 Å². The third-order valence-electron chi connectivity index (χ3n) is 5.56. The van der Waals surface area contributed by atoms with Crippen LogP contribution in [0, 0.1) is 0 Å². The zero-order valence-electron chi connectivity index (χ0n) is 16.8. The number of rotatable bonds is 3. The van der Waals surface area contributed by atoms with E-state index in [1.807, 2.05) is 35.2 Å². The van der Waals surface area contributed by atoms with Crippen molar-refractivity contribution in [1.82, 2.24) is 19.8 Å². The first-order chi connectivity index (χ1) is 14.8. The van der Waals surface area contributed by atoms with E-state index in [1.165, 1.54) is 5.56 Å². The molecule has 3 heterocycles. The predicted molar refractivity (Wildman–Crippen MR) is 113 cm³/mol. The highest BCUT2D eigenvalue weighted by Crippen LogP contribution is 2.31. The maximum absolute atomic E-state index is 13.0. The molecule has 0 unspecified atom stereocenters. The minimum Gasteiger partial charge on any atom is -0.486 e. The first-order valence-electron chi connectivity index (χ1n) is 10.4. The minimum atomic E-state index is -0.0468. The van der Waals surface area contributed by atoms with Crippen LogP contribution in [0.1, 0.15) is 22.5 Å². The second kappa shape index (κ2) is 8.28. The molecule has 2 aliphatic heterocycles. The second-order valence-electron chi connectivity index (χ2n) is 7.64. The minimum absolute atomic E-state index is 0.0468. The van der Waals surface area contributed by atoms with E-state index >= 15 is 0 Å². The summed E-state index contributed by atoms with van der Waals surface area (Å²) in [6.07, 6.45) is 2.51. The van der Waals surface area contributed by atoms with Crippen molar-refractivity contribution in [3.8, 4) is 11.5 Å². The zero-order chi connectivity index (χ0) is 20.3. The molecule has 0 saturated carbocycles. The molecule has 1 amide bonds. The SMILES string of the molecule is O=C(c1cnc2ccccc2n1)N1CCCN(Cc2ccc3c(c2)OCCO3)CC1. The second-order valence-corrected chi connectivity index (χ2v) is 7.64. The summed E-state index contributed by atoms with van der Waals surface area (Å²) in [6.45, 7) is 5.19. The summed E-state index contributed by atoms with van der Waals surface area (Å²) < 4.78 is 11.3. The van der Waals surface area contributed by atoms with Gasteiger partial charge in [-0.25, -0.2) is 4.98 Å². The molecule has 0 bridgehead atoms. The number of fused-ring (bicyclic) bond motifs is 2. The Morgan fingerprint density at radius 2 is 1.77 bits per heavy atom. The van der Waals surface area contributed by atoms with Crippen molar-refractivity contribution in [2.24, 2.45) is 0 Å². The quantitative estimate of drug-likeness (QED) is 0.669. The number of ether oxygens (including phenoxy) is 2. The molecule has 5 rings (SSSR count). The van der Waals surface area contributed by atoms with Crippen LogP contribution in [-0.2, 0) is 6.54 Å². The summed E-state index contributed by atoms with van der Waals surface area (Å²) in [6, 6.07) is 13.8. The van der Waals surface area contributed by atoms with Crippen LogP contribution in [0.5, 0.6) is 11.5 Å². The lowest BCUT2D eigenvalue weighted by atomic mass is 10.1. The summed E-state index contributed by atoms with van der Waals surface area (Å²) in [5.74, 6) is 1.59. The lowest BCUT2D eigenvalue weighted by molar-refractivity contribution is 0.0755. The molecule has 0 radical (unpaired) electrons. The molecule has 0 spiro atoms. The van der Waals surface area contributed by atoms with E-state index in [0.717, 1.165) is 55.1 Å². The number of hydrogen-bond donors (Lipinski definition) is 0. The third kappa shape index (κ3) is 3.93. The first-order valence-corrected chi connectivity index (χ1v) is 10.4. The molecule has 7 nitrogen and oxygen atoms in total. The van der Waals surface area contributed by atoms with Crippen molar-refractivity contribution < 1.29 is 14.3 Å². The van der Waals surface area contributed by atoms with Gasteiger partial charge in [-0.2, -0.15) is 0 Å². The number of carbonyl (C=O) groups excluding carboxylic acids is 1. The van der Waals surface area contributed by atoms with Crippen molar-refractivity contribution >= 4 is 16.9 Å². The molecule has 1 fully saturated rings. The van der Waals surface area contributed by atoms with Crippen LogP contribution in [-0.4, -0.2) is 65.1 Å². The number of aromatic nitrogens is 2. The van der Waals surface area contributed by atoms with Crippen LogP contribution in [0.2, 0.25) is 0 Å². The molecule has 0 atom stereocenters. The van der Waals surface area contributed by atoms with Crippen LogP contribution < -0.4 is 9.47 Å². The molecule has 2 aromatic carbocycles. The predicted octanol–water partition coefficient (Wildman–Crippen LogP) is 2.75. The van der Waals surface area contributed by atoms with Gasteiger partial charge >= 0.3 is 0 Å². The Kier molecular flexibility index (Phi) is 5.19. The topological polar surface area (TPSA) is 67.8 Å². The molecule has 0 aliphatic carbocycles. The molecular formula is C23H24N4O3. The van der Waals surface area contributed by atoms with Gasteiger partial charge in [-0.1, -0.05) is 18.2 Å². The highest BCUT2D eigenvalue weighted by molar-refractivity contribution is 5.93. The van der Waals surface area contributed by atoms with Crippen molar-refractivity contribution in [3.63, 3.8) is 0 Å². The monoisotopic (exact) mass is 404 g/mol. The Morgan fingerprint density at radius 3 is 2.67 bits per heavy atom. The van der Waals surface area contributed by atoms with Crippen molar-refractivity contribution in [3.05, 3.63) is 59.9 Å². The van der Waals surface area contributed by atoms with Gasteiger partial charge in [0.05, 0.1) is 17.2 Å². The molecule has 1 saturated heterocycles. The number of para-hydroxylation sites is 2. The van der Waals surface area contributed by atoms with Crippen LogP contribution in [0.15, 0.2) is 48.7 Å². The molecule has 7 heteroatoms. The fourth-order valence-corrected chi connectivity index (χ4v) is 4.00. The van der Waals surface area contributed by atoms with Crippen molar-refractivity contribution in [2.75, 3.05) is 39.4 Å². The fourth-order valence-electron chi connectivity index (χ4n) is 4.00. The highest BCUT2D eigenvalue weighted by atomic mass is 16.6. The molecule has 0 N–H and O–H groups in total. The average Bonchev–Trinajstić information content (AvgIpc) is 3.04. The van der Waals surface area contributed by atoms with Gasteiger partial charge in [0.2, 0.25) is 0 Å². The van der Waals surface area contributed by atoms with E-state index in [2.05, 4.69) is 27.0 Å². The maximum atomic E-state index is 13.0. The zero-order valence-corrected chi connectivity index (χ0v) is 16.8. The van der Waals surface area contributed by atoms with Gasteiger partial charge in [0, 0.05) is 32.7 Å². The van der Waals surface area contributed by atoms with E-state index in [0.29, 0.717) is 25.5 Å². The van der Waals surface area contributed by atoms with Gasteiger partial charge < -0.3 is 14.4 Å². The van der Waals surface area contributed by atoms with Crippen LogP contribution in [0.4, 0.5) is 0 Å². The van der Waals surface area contributed by atoms with Gasteiger partial charge in [-0.15, -0.1) is 0 Å². The molecule has 30 heavy (non-hydrogen) atoms. The summed E-state index contributed by atoms with van der Waals surface area (Å²) in [4.78, 5) is 26.2. The van der Waals surface area contributed by atoms with E-state index in [9.17, 15) is 4.79 Å². The molecule has 154 valence electrons. The Labute approximate surface area is 175 Å². The van der Waals surface area contributed by atoms with Gasteiger partial charge in [0.15, 0.2) is 11.5 Å². The number of carbonyl (C=O) groups is 1. The first kappa shape index (κ1) is 18.8. The molecular weight excluding hydrogens is 380 g/mol. The van der Waals surface area contributed by atoms with Crippen LogP contribution >= 0.6 is 0 Å². The standard InChI is InChI=1S/C23H24N4O3/c28-23(20-15-24-18-4-1-2-5-19(18)25-20)27-9-3-8-26(10-11-27)16-17-6-7-21-22(14-17)30-13-12-29-21/h1-2,4-7,14-15H,3,8-13,16H2. The number of nitrogens with zero attached hydrogens (tertiary/aromatic N) is 4. The largest absolute Gasteiger partial charge is 0.486 e. The number of benzene rings is 2. The Morgan fingerprint density at radius 1 is 0.933 bits per heavy atom. The van der Waals surface area contributed by atoms with Gasteiger partial charge in [-0.3, -0.25) is 14.7 Å². The number of hydrogen-bond acceptors (Lipinski definition) is 6. The summed E-state index contributed by atoms with van der Waals surface area (Å²) in [5.41, 5.74) is 3.15. The normalized spacial score (nSPS) is 17.0. The van der Waals surface area contributed by atoms with Crippen molar-refractivity contribution in [2.45, 2.75) is 13.0 Å². The van der Waals surface area contributed by atoms with Crippen LogP contribution in [0.3, 0.4) is 0 Å². The molecule has 3 aromatic rings. The van der Waals surface area contributed by atoms with E-state index < -0.39 is 0 Å². The number of amides is 1. The molecule has 1 aromatic heterocycles. The van der Waals surface area contributed by atoms with Crippen molar-refractivity contribution in [1.29, 1.82) is 0 Å². The average molecular weight is 404 g/mol. The summed E-state index contributed by atoms with van der Waals surface area (Å²) in [7, 11) is 0. The van der Waals surface area contributed by atoms with E-state index in [4.69, 9.17) is 9.47 Å². The highest BCUT2D eigenvalue weighted by Gasteiger charge is 2.22. The van der Waals surface area contributed by atoms with Gasteiger partial charge in [-0.05, 0) is 36.2 Å². The summed E-state index contributed by atoms with van der Waals surface area (Å²) in [5, 5.41) is 0. The Hall–Kier alpha value is -3.19. The third-order valence-corrected chi connectivity index (χ3v) is 5.56. The van der Waals surface area contributed by atoms with E-state index in [-0.39, 0.29) is 5.91 Å². The Bertz CT molecular complexity index is 1070. The summed E-state index contributed by atoms with van der Waals surface area (Å²) >= 11 is 0. The van der Waals surface area contributed by atoms with Crippen LogP contribution in [0.25, 0.3) is 11.0 Å². The fraction of sp³-hybridized carbons (Fsp3) is 0.348. The Balaban J connectivity index is 1.24. The molecule has 2 aliphatic rings. The smallest absolute Gasteiger partial charge is 0.274 e. The van der Waals surface area contributed by atoms with Gasteiger partial charge in [0.25, 0.3) is 5.91 Å². The lowest BCUT2D eigenvalue weighted by Gasteiger charge is -2.23. The maximum Gasteiger partial charge on any atom is 0.274 e. The lowest BCUT2D eigenvalue weighted by Crippen LogP contribution is -2.35.